The molecule has 0 bridgehead atoms. The Balaban J connectivity index is 1.36. The lowest BCUT2D eigenvalue weighted by atomic mass is 9.81. The van der Waals surface area contributed by atoms with E-state index in [4.69, 9.17) is 0 Å². The van der Waals surface area contributed by atoms with E-state index in [2.05, 4.69) is 20.7 Å². The van der Waals surface area contributed by atoms with Crippen LogP contribution in [0.25, 0.3) is 0 Å². The standard InChI is InChI=1S/C17H25N5O/c23-17(16-13-5-1-2-6-14(13)19-20-16)22-11-9-21(10-12-22)15-7-3-4-8-18-15/h3-4,7-8,13-14,16,19-20H,1-2,5-6,9-12H2. The first-order valence-corrected chi connectivity index (χ1v) is 8.79. The molecule has 1 aromatic rings. The Morgan fingerprint density at radius 1 is 1.09 bits per heavy atom. The third-order valence-electron chi connectivity index (χ3n) is 5.50. The van der Waals surface area contributed by atoms with E-state index in [0.29, 0.717) is 12.0 Å². The van der Waals surface area contributed by atoms with Gasteiger partial charge >= 0.3 is 0 Å². The van der Waals surface area contributed by atoms with E-state index in [1.54, 1.807) is 0 Å². The number of piperazine rings is 1. The molecule has 1 aromatic heterocycles. The Kier molecular flexibility index (Phi) is 4.18. The maximum Gasteiger partial charge on any atom is 0.241 e. The van der Waals surface area contributed by atoms with Gasteiger partial charge in [-0.2, -0.15) is 0 Å². The summed E-state index contributed by atoms with van der Waals surface area (Å²) in [6, 6.07) is 6.42. The van der Waals surface area contributed by atoms with E-state index < -0.39 is 0 Å². The minimum Gasteiger partial charge on any atom is -0.353 e. The van der Waals surface area contributed by atoms with Gasteiger partial charge in [0, 0.05) is 44.3 Å². The maximum atomic E-state index is 12.9. The zero-order chi connectivity index (χ0) is 15.6. The van der Waals surface area contributed by atoms with Crippen LogP contribution in [0.5, 0.6) is 0 Å². The highest BCUT2D eigenvalue weighted by Crippen LogP contribution is 2.31. The van der Waals surface area contributed by atoms with Crippen LogP contribution in [-0.2, 0) is 4.79 Å². The van der Waals surface area contributed by atoms with Crippen molar-refractivity contribution in [3.8, 4) is 0 Å². The van der Waals surface area contributed by atoms with Gasteiger partial charge in [0.25, 0.3) is 0 Å². The van der Waals surface area contributed by atoms with Crippen molar-refractivity contribution < 1.29 is 4.79 Å². The van der Waals surface area contributed by atoms with Crippen molar-refractivity contribution >= 4 is 11.7 Å². The van der Waals surface area contributed by atoms with Crippen molar-refractivity contribution in [2.24, 2.45) is 5.92 Å². The molecule has 124 valence electrons. The fraction of sp³-hybridized carbons (Fsp3) is 0.647. The largest absolute Gasteiger partial charge is 0.353 e. The van der Waals surface area contributed by atoms with Crippen molar-refractivity contribution in [1.82, 2.24) is 20.7 Å². The summed E-state index contributed by atoms with van der Waals surface area (Å²) in [5.74, 6) is 1.74. The van der Waals surface area contributed by atoms with Crippen LogP contribution < -0.4 is 15.8 Å². The Bertz CT molecular complexity index is 543. The molecule has 0 radical (unpaired) electrons. The van der Waals surface area contributed by atoms with E-state index in [-0.39, 0.29) is 11.9 Å². The zero-order valence-corrected chi connectivity index (χ0v) is 13.4. The number of fused-ring (bicyclic) bond motifs is 1. The molecule has 6 nitrogen and oxygen atoms in total. The van der Waals surface area contributed by atoms with Crippen molar-refractivity contribution in [2.75, 3.05) is 31.1 Å². The summed E-state index contributed by atoms with van der Waals surface area (Å²) in [6.07, 6.45) is 6.70. The molecule has 2 N–H and O–H groups in total. The van der Waals surface area contributed by atoms with Gasteiger partial charge in [-0.1, -0.05) is 18.9 Å². The fourth-order valence-corrected chi connectivity index (χ4v) is 4.18. The number of amides is 1. The number of rotatable bonds is 2. The van der Waals surface area contributed by atoms with Crippen molar-refractivity contribution in [3.05, 3.63) is 24.4 Å². The number of nitrogens with one attached hydrogen (secondary N) is 2. The number of anilines is 1. The molecule has 3 fully saturated rings. The molecule has 2 aliphatic heterocycles. The second-order valence-electron chi connectivity index (χ2n) is 6.82. The quantitative estimate of drug-likeness (QED) is 0.844. The average molecular weight is 315 g/mol. The van der Waals surface area contributed by atoms with E-state index in [0.717, 1.165) is 38.4 Å². The number of aromatic nitrogens is 1. The zero-order valence-electron chi connectivity index (χ0n) is 13.4. The topological polar surface area (TPSA) is 60.5 Å². The number of hydrogen-bond donors (Lipinski definition) is 2. The molecular weight excluding hydrogens is 290 g/mol. The van der Waals surface area contributed by atoms with Crippen LogP contribution in [0.4, 0.5) is 5.82 Å². The maximum absolute atomic E-state index is 12.9. The van der Waals surface area contributed by atoms with Gasteiger partial charge in [0.05, 0.1) is 0 Å². The summed E-state index contributed by atoms with van der Waals surface area (Å²) in [5.41, 5.74) is 6.62. The van der Waals surface area contributed by atoms with Gasteiger partial charge in [0.1, 0.15) is 11.9 Å². The fourth-order valence-electron chi connectivity index (χ4n) is 4.18. The van der Waals surface area contributed by atoms with Gasteiger partial charge in [-0.25, -0.2) is 10.4 Å². The Morgan fingerprint density at radius 2 is 1.91 bits per heavy atom. The normalized spacial score (nSPS) is 31.0. The van der Waals surface area contributed by atoms with Crippen LogP contribution in [0.3, 0.4) is 0 Å². The lowest BCUT2D eigenvalue weighted by molar-refractivity contribution is -0.134. The molecule has 23 heavy (non-hydrogen) atoms. The molecule has 6 heteroatoms. The molecule has 1 aliphatic carbocycles. The van der Waals surface area contributed by atoms with Crippen LogP contribution in [0.1, 0.15) is 25.7 Å². The summed E-state index contributed by atoms with van der Waals surface area (Å²) in [6.45, 7) is 3.28. The highest BCUT2D eigenvalue weighted by atomic mass is 16.2. The van der Waals surface area contributed by atoms with Crippen LogP contribution in [0.2, 0.25) is 0 Å². The van der Waals surface area contributed by atoms with Gasteiger partial charge < -0.3 is 9.80 Å². The van der Waals surface area contributed by atoms with E-state index in [1.165, 1.54) is 19.3 Å². The molecule has 3 aliphatic rings. The van der Waals surface area contributed by atoms with Gasteiger partial charge in [-0.05, 0) is 25.0 Å². The number of carbonyl (C=O) groups excluding carboxylic acids is 1. The molecule has 3 unspecified atom stereocenters. The summed E-state index contributed by atoms with van der Waals surface area (Å²) in [5, 5.41) is 0. The summed E-state index contributed by atoms with van der Waals surface area (Å²) in [4.78, 5) is 21.6. The monoisotopic (exact) mass is 315 g/mol. The van der Waals surface area contributed by atoms with Crippen LogP contribution in [-0.4, -0.2) is 54.1 Å². The third-order valence-corrected chi connectivity index (χ3v) is 5.50. The van der Waals surface area contributed by atoms with E-state index in [9.17, 15) is 4.79 Å². The summed E-state index contributed by atoms with van der Waals surface area (Å²) in [7, 11) is 0. The summed E-state index contributed by atoms with van der Waals surface area (Å²) < 4.78 is 0. The highest BCUT2D eigenvalue weighted by molar-refractivity contribution is 5.83. The Hall–Kier alpha value is -1.66. The number of hydrogen-bond acceptors (Lipinski definition) is 5. The van der Waals surface area contributed by atoms with Crippen molar-refractivity contribution in [3.63, 3.8) is 0 Å². The average Bonchev–Trinajstić information content (AvgIpc) is 3.06. The van der Waals surface area contributed by atoms with Gasteiger partial charge in [-0.15, -0.1) is 0 Å². The smallest absolute Gasteiger partial charge is 0.241 e. The second-order valence-corrected chi connectivity index (χ2v) is 6.82. The second kappa shape index (κ2) is 6.45. The predicted molar refractivity (Wildman–Crippen MR) is 88.8 cm³/mol. The third kappa shape index (κ3) is 2.93. The molecule has 1 amide bonds. The first-order valence-electron chi connectivity index (χ1n) is 8.79. The minimum atomic E-state index is -0.0401. The molecule has 0 aromatic carbocycles. The molecule has 4 rings (SSSR count). The highest BCUT2D eigenvalue weighted by Gasteiger charge is 2.42. The molecule has 1 saturated carbocycles. The lowest BCUT2D eigenvalue weighted by Gasteiger charge is -2.37. The molecule has 0 spiro atoms. The Morgan fingerprint density at radius 3 is 2.70 bits per heavy atom. The SMILES string of the molecule is O=C(C1NNC2CCCCC21)N1CCN(c2ccccn2)CC1. The van der Waals surface area contributed by atoms with Crippen molar-refractivity contribution in [2.45, 2.75) is 37.8 Å². The number of nitrogens with zero attached hydrogens (tertiary/aromatic N) is 3. The van der Waals surface area contributed by atoms with E-state index in [1.807, 2.05) is 29.3 Å². The molecule has 2 saturated heterocycles. The van der Waals surface area contributed by atoms with Gasteiger partial charge in [-0.3, -0.25) is 10.2 Å². The predicted octanol–water partition coefficient (Wildman–Crippen LogP) is 0.765. The minimum absolute atomic E-state index is 0.0401. The van der Waals surface area contributed by atoms with E-state index >= 15 is 0 Å². The lowest BCUT2D eigenvalue weighted by Crippen LogP contribution is -2.55. The molecule has 3 atom stereocenters. The van der Waals surface area contributed by atoms with Crippen LogP contribution in [0.15, 0.2) is 24.4 Å². The first kappa shape index (κ1) is 14.9. The van der Waals surface area contributed by atoms with Crippen molar-refractivity contribution in [1.29, 1.82) is 0 Å². The first-order chi connectivity index (χ1) is 11.3. The summed E-state index contributed by atoms with van der Waals surface area (Å²) >= 11 is 0. The van der Waals surface area contributed by atoms with Crippen LogP contribution in [0, 0.1) is 5.92 Å². The molecule has 3 heterocycles. The number of pyridine rings is 1. The Labute approximate surface area is 137 Å². The molecular formula is C17H25N5O. The number of hydrazine groups is 1. The van der Waals surface area contributed by atoms with Gasteiger partial charge in [0.15, 0.2) is 0 Å². The van der Waals surface area contributed by atoms with Crippen LogP contribution >= 0.6 is 0 Å². The van der Waals surface area contributed by atoms with Gasteiger partial charge in [0.2, 0.25) is 5.91 Å². The number of carbonyl (C=O) groups is 1.